The van der Waals surface area contributed by atoms with E-state index in [-0.39, 0.29) is 68.1 Å². The third kappa shape index (κ3) is 7.19. The minimum absolute atomic E-state index is 0.0213. The second-order valence-corrected chi connectivity index (χ2v) is 8.05. The van der Waals surface area contributed by atoms with Crippen LogP contribution in [-0.4, -0.2) is 64.6 Å². The van der Waals surface area contributed by atoms with Crippen molar-refractivity contribution in [2.24, 2.45) is 16.5 Å². The molecule has 0 aliphatic carbocycles. The molecular formula is C24H26N4O8. The molecule has 1 amide bonds. The molecule has 0 bridgehead atoms. The Morgan fingerprint density at radius 2 is 1.64 bits per heavy atom. The Morgan fingerprint density at radius 3 is 2.22 bits per heavy atom. The van der Waals surface area contributed by atoms with Crippen LogP contribution in [0.25, 0.3) is 0 Å². The molecule has 2 aromatic carbocycles. The standard InChI is InChI=1S/C24H26N4O8/c25-24(26)27-16-3-1-14(2-4-16)23(34)36-17-5-6-18-15(13-35-19(18)12-17)11-20(29)28(9-7-21(30)31)10-8-22(32)33/h1-6,12,15H,7-11,13H2,(H,30,31)(H,32,33)(H4,25,26,27)/t15-/m0/s1. The van der Waals surface area contributed by atoms with E-state index in [4.69, 9.17) is 31.2 Å². The van der Waals surface area contributed by atoms with Crippen molar-refractivity contribution in [3.05, 3.63) is 53.6 Å². The van der Waals surface area contributed by atoms with Crippen molar-refractivity contribution >= 4 is 35.5 Å². The van der Waals surface area contributed by atoms with Crippen LogP contribution in [0.5, 0.6) is 11.5 Å². The van der Waals surface area contributed by atoms with Gasteiger partial charge in [-0.3, -0.25) is 14.4 Å². The van der Waals surface area contributed by atoms with Gasteiger partial charge in [-0.05, 0) is 30.3 Å². The quantitative estimate of drug-likeness (QED) is 0.152. The highest BCUT2D eigenvalue weighted by molar-refractivity contribution is 5.91. The van der Waals surface area contributed by atoms with Gasteiger partial charge in [-0.15, -0.1) is 0 Å². The SMILES string of the molecule is NC(N)=Nc1ccc(C(=O)Oc2ccc3c(c2)OC[C@@H]3CC(=O)N(CCC(=O)O)CCC(=O)O)cc1. The van der Waals surface area contributed by atoms with Gasteiger partial charge in [-0.2, -0.15) is 0 Å². The number of aliphatic imine (C=N–C) groups is 1. The van der Waals surface area contributed by atoms with Gasteiger partial charge in [0.05, 0.1) is 30.7 Å². The van der Waals surface area contributed by atoms with Crippen LogP contribution in [0.15, 0.2) is 47.5 Å². The van der Waals surface area contributed by atoms with Gasteiger partial charge in [0.15, 0.2) is 5.96 Å². The van der Waals surface area contributed by atoms with Crippen molar-refractivity contribution in [1.82, 2.24) is 4.90 Å². The Labute approximate surface area is 206 Å². The van der Waals surface area contributed by atoms with Gasteiger partial charge < -0.3 is 36.1 Å². The highest BCUT2D eigenvalue weighted by atomic mass is 16.5. The second kappa shape index (κ2) is 11.7. The number of guanidine groups is 1. The van der Waals surface area contributed by atoms with Crippen LogP contribution in [0.3, 0.4) is 0 Å². The number of aliphatic carboxylic acids is 2. The number of rotatable bonds is 11. The predicted octanol–water partition coefficient (Wildman–Crippen LogP) is 1.45. The van der Waals surface area contributed by atoms with Crippen molar-refractivity contribution < 1.29 is 38.9 Å². The first kappa shape index (κ1) is 26.0. The number of carbonyl (C=O) groups excluding carboxylic acids is 2. The number of hydrogen-bond donors (Lipinski definition) is 4. The van der Waals surface area contributed by atoms with Crippen molar-refractivity contribution in [1.29, 1.82) is 0 Å². The van der Waals surface area contributed by atoms with Crippen LogP contribution in [0.4, 0.5) is 5.69 Å². The Balaban J connectivity index is 1.64. The first-order chi connectivity index (χ1) is 17.1. The normalized spacial score (nSPS) is 13.7. The lowest BCUT2D eigenvalue weighted by Crippen LogP contribution is -2.35. The summed E-state index contributed by atoms with van der Waals surface area (Å²) in [6.07, 6.45) is -0.544. The molecule has 190 valence electrons. The molecule has 1 atom stereocenters. The number of amides is 1. The fourth-order valence-corrected chi connectivity index (χ4v) is 3.64. The molecule has 1 aliphatic heterocycles. The molecule has 0 saturated carbocycles. The topological polar surface area (TPSA) is 195 Å². The molecule has 0 spiro atoms. The first-order valence-corrected chi connectivity index (χ1v) is 11.0. The third-order valence-corrected chi connectivity index (χ3v) is 5.40. The molecule has 0 fully saturated rings. The average molecular weight is 498 g/mol. The zero-order chi connectivity index (χ0) is 26.2. The van der Waals surface area contributed by atoms with Crippen molar-refractivity contribution in [3.63, 3.8) is 0 Å². The second-order valence-electron chi connectivity index (χ2n) is 8.05. The van der Waals surface area contributed by atoms with E-state index in [1.54, 1.807) is 30.3 Å². The summed E-state index contributed by atoms with van der Waals surface area (Å²) in [7, 11) is 0. The highest BCUT2D eigenvalue weighted by Crippen LogP contribution is 2.38. The van der Waals surface area contributed by atoms with Gasteiger partial charge in [-0.1, -0.05) is 6.07 Å². The Kier molecular flexibility index (Phi) is 8.44. The average Bonchev–Trinajstić information content (AvgIpc) is 3.20. The Bertz CT molecular complexity index is 1160. The maximum atomic E-state index is 12.8. The first-order valence-electron chi connectivity index (χ1n) is 11.0. The van der Waals surface area contributed by atoms with Crippen molar-refractivity contribution in [2.75, 3.05) is 19.7 Å². The monoisotopic (exact) mass is 498 g/mol. The number of carbonyl (C=O) groups is 4. The predicted molar refractivity (Wildman–Crippen MR) is 127 cm³/mol. The molecule has 1 aliphatic rings. The van der Waals surface area contributed by atoms with E-state index in [9.17, 15) is 19.2 Å². The molecule has 3 rings (SSSR count). The number of benzene rings is 2. The Hall–Kier alpha value is -4.61. The summed E-state index contributed by atoms with van der Waals surface area (Å²) in [6.45, 7) is 0.0455. The van der Waals surface area contributed by atoms with E-state index in [1.165, 1.54) is 17.0 Å². The van der Waals surface area contributed by atoms with E-state index in [0.29, 0.717) is 11.4 Å². The molecule has 2 aromatic rings. The van der Waals surface area contributed by atoms with Gasteiger partial charge in [0.25, 0.3) is 0 Å². The number of ether oxygens (including phenoxy) is 2. The minimum Gasteiger partial charge on any atom is -0.492 e. The number of fused-ring (bicyclic) bond motifs is 1. The summed E-state index contributed by atoms with van der Waals surface area (Å²) in [5.74, 6) is -2.81. The van der Waals surface area contributed by atoms with Crippen LogP contribution >= 0.6 is 0 Å². The van der Waals surface area contributed by atoms with E-state index in [1.807, 2.05) is 0 Å². The molecule has 6 N–H and O–H groups in total. The maximum Gasteiger partial charge on any atom is 0.343 e. The van der Waals surface area contributed by atoms with Crippen molar-refractivity contribution in [2.45, 2.75) is 25.2 Å². The molecule has 0 saturated heterocycles. The molecule has 12 nitrogen and oxygen atoms in total. The van der Waals surface area contributed by atoms with Crippen LogP contribution in [0.2, 0.25) is 0 Å². The van der Waals surface area contributed by atoms with E-state index in [2.05, 4.69) is 4.99 Å². The molecule has 36 heavy (non-hydrogen) atoms. The highest BCUT2D eigenvalue weighted by Gasteiger charge is 2.29. The molecule has 0 unspecified atom stereocenters. The zero-order valence-corrected chi connectivity index (χ0v) is 19.3. The lowest BCUT2D eigenvalue weighted by Gasteiger charge is -2.22. The van der Waals surface area contributed by atoms with Crippen LogP contribution < -0.4 is 20.9 Å². The molecule has 0 radical (unpaired) electrons. The van der Waals surface area contributed by atoms with Crippen LogP contribution in [0.1, 0.15) is 41.1 Å². The van der Waals surface area contributed by atoms with E-state index < -0.39 is 17.9 Å². The number of nitrogens with zero attached hydrogens (tertiary/aromatic N) is 2. The maximum absolute atomic E-state index is 12.8. The number of carboxylic acid groups (broad SMARTS) is 2. The van der Waals surface area contributed by atoms with Gasteiger partial charge in [0, 0.05) is 37.1 Å². The number of nitrogens with two attached hydrogens (primary N) is 2. The third-order valence-electron chi connectivity index (χ3n) is 5.40. The van der Waals surface area contributed by atoms with Gasteiger partial charge in [-0.25, -0.2) is 9.79 Å². The van der Waals surface area contributed by atoms with E-state index in [0.717, 1.165) is 5.56 Å². The number of hydrogen-bond acceptors (Lipinski definition) is 7. The summed E-state index contributed by atoms with van der Waals surface area (Å²) in [5, 5.41) is 17.8. The number of esters is 1. The fourth-order valence-electron chi connectivity index (χ4n) is 3.64. The van der Waals surface area contributed by atoms with Gasteiger partial charge in [0.2, 0.25) is 5.91 Å². The summed E-state index contributed by atoms with van der Waals surface area (Å²) >= 11 is 0. The van der Waals surface area contributed by atoms with Gasteiger partial charge in [0.1, 0.15) is 11.5 Å². The molecular weight excluding hydrogens is 472 g/mol. The lowest BCUT2D eigenvalue weighted by atomic mass is 9.97. The summed E-state index contributed by atoms with van der Waals surface area (Å²) in [4.78, 5) is 52.2. The van der Waals surface area contributed by atoms with Crippen molar-refractivity contribution in [3.8, 4) is 11.5 Å². The minimum atomic E-state index is -1.08. The lowest BCUT2D eigenvalue weighted by molar-refractivity contribution is -0.139. The number of carboxylic acids is 2. The largest absolute Gasteiger partial charge is 0.492 e. The zero-order valence-electron chi connectivity index (χ0n) is 19.3. The smallest absolute Gasteiger partial charge is 0.343 e. The van der Waals surface area contributed by atoms with Crippen LogP contribution in [0, 0.1) is 0 Å². The van der Waals surface area contributed by atoms with Crippen LogP contribution in [-0.2, 0) is 14.4 Å². The summed E-state index contributed by atoms with van der Waals surface area (Å²) in [6, 6.07) is 11.0. The fraction of sp³-hybridized carbons (Fsp3) is 0.292. The summed E-state index contributed by atoms with van der Waals surface area (Å²) in [5.41, 5.74) is 12.2. The Morgan fingerprint density at radius 1 is 1.00 bits per heavy atom. The molecule has 12 heteroatoms. The molecule has 0 aromatic heterocycles. The molecule has 1 heterocycles. The van der Waals surface area contributed by atoms with E-state index >= 15 is 0 Å². The summed E-state index contributed by atoms with van der Waals surface area (Å²) < 4.78 is 11.1. The van der Waals surface area contributed by atoms with Gasteiger partial charge >= 0.3 is 17.9 Å².